The molecule has 2 unspecified atom stereocenters. The van der Waals surface area contributed by atoms with Gasteiger partial charge in [-0.2, -0.15) is 0 Å². The van der Waals surface area contributed by atoms with Crippen LogP contribution in [0.5, 0.6) is 0 Å². The highest BCUT2D eigenvalue weighted by Crippen LogP contribution is 2.26. The van der Waals surface area contributed by atoms with Gasteiger partial charge in [0, 0.05) is 15.9 Å². The molecule has 21 heavy (non-hydrogen) atoms. The van der Waals surface area contributed by atoms with Crippen molar-refractivity contribution < 1.29 is 14.7 Å². The fourth-order valence-corrected chi connectivity index (χ4v) is 3.65. The van der Waals surface area contributed by atoms with Crippen LogP contribution >= 0.6 is 27.7 Å². The number of benzene rings is 1. The maximum atomic E-state index is 12.3. The van der Waals surface area contributed by atoms with Crippen LogP contribution in [0.15, 0.2) is 33.6 Å². The molecule has 0 bridgehead atoms. The number of carbonyl (C=O) groups excluding carboxylic acids is 1. The molecular weight excluding hydrogens is 354 g/mol. The number of rotatable bonds is 4. The molecule has 0 aliphatic carbocycles. The Morgan fingerprint density at radius 3 is 2.67 bits per heavy atom. The Kier molecular flexibility index (Phi) is 5.70. The van der Waals surface area contributed by atoms with Crippen LogP contribution in [0.4, 0.5) is 0 Å². The van der Waals surface area contributed by atoms with Crippen LogP contribution in [0.2, 0.25) is 0 Å². The zero-order chi connectivity index (χ0) is 15.4. The molecule has 1 aromatic carbocycles. The average molecular weight is 372 g/mol. The third kappa shape index (κ3) is 4.23. The topological polar surface area (TPSA) is 57.6 Å². The Labute approximate surface area is 137 Å². The molecule has 1 aliphatic rings. The second-order valence-corrected chi connectivity index (χ2v) is 7.20. The smallest absolute Gasteiger partial charge is 0.326 e. The van der Waals surface area contributed by atoms with Gasteiger partial charge in [0.25, 0.3) is 0 Å². The molecule has 0 spiro atoms. The quantitative estimate of drug-likeness (QED) is 0.825. The summed E-state index contributed by atoms with van der Waals surface area (Å²) in [6, 6.07) is 7.05. The normalized spacial score (nSPS) is 22.1. The van der Waals surface area contributed by atoms with Crippen molar-refractivity contribution >= 4 is 39.6 Å². The standard InChI is InChI=1S/C15H18BrNO3S/c1-10-3-2-8-17(14(10)15(19)20)13(18)9-21-12-6-4-11(16)5-7-12/h4-7,10,14H,2-3,8-9H2,1H3,(H,19,20). The minimum Gasteiger partial charge on any atom is -0.480 e. The third-order valence-electron chi connectivity index (χ3n) is 3.68. The molecule has 0 aromatic heterocycles. The van der Waals surface area contributed by atoms with Crippen molar-refractivity contribution in [3.8, 4) is 0 Å². The number of carboxylic acid groups (broad SMARTS) is 1. The first-order chi connectivity index (χ1) is 9.99. The summed E-state index contributed by atoms with van der Waals surface area (Å²) in [5.74, 6) is -0.707. The van der Waals surface area contributed by atoms with Crippen molar-refractivity contribution in [3.05, 3.63) is 28.7 Å². The van der Waals surface area contributed by atoms with E-state index in [0.29, 0.717) is 6.54 Å². The minimum absolute atomic E-state index is 0.0119. The van der Waals surface area contributed by atoms with Crippen LogP contribution in [-0.2, 0) is 9.59 Å². The summed E-state index contributed by atoms with van der Waals surface area (Å²) < 4.78 is 0.994. The number of carboxylic acids is 1. The van der Waals surface area contributed by atoms with E-state index in [-0.39, 0.29) is 17.6 Å². The summed E-state index contributed by atoms with van der Waals surface area (Å²) in [6.45, 7) is 2.45. The van der Waals surface area contributed by atoms with Crippen molar-refractivity contribution in [2.75, 3.05) is 12.3 Å². The summed E-state index contributed by atoms with van der Waals surface area (Å²) in [5, 5.41) is 9.34. The van der Waals surface area contributed by atoms with Gasteiger partial charge in [0.2, 0.25) is 5.91 Å². The van der Waals surface area contributed by atoms with Crippen molar-refractivity contribution in [3.63, 3.8) is 0 Å². The van der Waals surface area contributed by atoms with Crippen LogP contribution in [-0.4, -0.2) is 40.2 Å². The Morgan fingerprint density at radius 2 is 2.05 bits per heavy atom. The summed E-state index contributed by atoms with van der Waals surface area (Å²) in [5.41, 5.74) is 0. The molecular formula is C15H18BrNO3S. The van der Waals surface area contributed by atoms with Crippen LogP contribution in [0.25, 0.3) is 0 Å². The Morgan fingerprint density at radius 1 is 1.38 bits per heavy atom. The van der Waals surface area contributed by atoms with Crippen LogP contribution in [0, 0.1) is 5.92 Å². The number of aliphatic carboxylic acids is 1. The van der Waals surface area contributed by atoms with Crippen LogP contribution in [0.3, 0.4) is 0 Å². The lowest BCUT2D eigenvalue weighted by atomic mass is 9.91. The molecule has 1 aromatic rings. The van der Waals surface area contributed by atoms with Crippen LogP contribution < -0.4 is 0 Å². The van der Waals surface area contributed by atoms with E-state index in [4.69, 9.17) is 0 Å². The number of nitrogens with zero attached hydrogens (tertiary/aromatic N) is 1. The predicted octanol–water partition coefficient (Wildman–Crippen LogP) is 3.25. The average Bonchev–Trinajstić information content (AvgIpc) is 2.45. The number of halogens is 1. The first-order valence-corrected chi connectivity index (χ1v) is 8.67. The van der Waals surface area contributed by atoms with Crippen molar-refractivity contribution in [2.45, 2.75) is 30.7 Å². The van der Waals surface area contributed by atoms with Gasteiger partial charge in [-0.3, -0.25) is 4.79 Å². The summed E-state index contributed by atoms with van der Waals surface area (Å²) >= 11 is 4.81. The first-order valence-electron chi connectivity index (χ1n) is 6.89. The van der Waals surface area contributed by atoms with Crippen molar-refractivity contribution in [2.24, 2.45) is 5.92 Å². The molecule has 4 nitrogen and oxygen atoms in total. The number of likely N-dealkylation sites (tertiary alicyclic amines) is 1. The second kappa shape index (κ2) is 7.31. The summed E-state index contributed by atoms with van der Waals surface area (Å²) in [7, 11) is 0. The molecule has 1 amide bonds. The Hall–Kier alpha value is -1.01. The van der Waals surface area contributed by atoms with Gasteiger partial charge in [0.05, 0.1) is 5.75 Å². The van der Waals surface area contributed by atoms with E-state index in [0.717, 1.165) is 22.2 Å². The van der Waals surface area contributed by atoms with Gasteiger partial charge in [-0.05, 0) is 43.0 Å². The number of hydrogen-bond acceptors (Lipinski definition) is 3. The lowest BCUT2D eigenvalue weighted by molar-refractivity contribution is -0.153. The zero-order valence-corrected chi connectivity index (χ0v) is 14.2. The molecule has 0 radical (unpaired) electrons. The Bertz CT molecular complexity index is 520. The first kappa shape index (κ1) is 16.4. The summed E-state index contributed by atoms with van der Waals surface area (Å²) in [4.78, 5) is 26.3. The predicted molar refractivity (Wildman–Crippen MR) is 86.4 cm³/mol. The van der Waals surface area contributed by atoms with Gasteiger partial charge in [-0.1, -0.05) is 22.9 Å². The molecule has 6 heteroatoms. The second-order valence-electron chi connectivity index (χ2n) is 5.23. The highest BCUT2D eigenvalue weighted by molar-refractivity contribution is 9.10. The number of carbonyl (C=O) groups is 2. The molecule has 1 N–H and O–H groups in total. The lowest BCUT2D eigenvalue weighted by Crippen LogP contribution is -2.52. The van der Waals surface area contributed by atoms with E-state index in [2.05, 4.69) is 15.9 Å². The molecule has 0 saturated carbocycles. The molecule has 2 atom stereocenters. The molecule has 2 rings (SSSR count). The van der Waals surface area contributed by atoms with E-state index < -0.39 is 12.0 Å². The van der Waals surface area contributed by atoms with Crippen LogP contribution in [0.1, 0.15) is 19.8 Å². The SMILES string of the molecule is CC1CCCN(C(=O)CSc2ccc(Br)cc2)C1C(=O)O. The number of amides is 1. The number of piperidine rings is 1. The number of hydrogen-bond donors (Lipinski definition) is 1. The van der Waals surface area contributed by atoms with Gasteiger partial charge in [-0.25, -0.2) is 4.79 Å². The number of thioether (sulfide) groups is 1. The lowest BCUT2D eigenvalue weighted by Gasteiger charge is -2.37. The highest BCUT2D eigenvalue weighted by atomic mass is 79.9. The van der Waals surface area contributed by atoms with Crippen molar-refractivity contribution in [1.82, 2.24) is 4.90 Å². The van der Waals surface area contributed by atoms with E-state index in [9.17, 15) is 14.7 Å². The zero-order valence-electron chi connectivity index (χ0n) is 11.8. The van der Waals surface area contributed by atoms with Crippen molar-refractivity contribution in [1.29, 1.82) is 0 Å². The van der Waals surface area contributed by atoms with E-state index in [1.165, 1.54) is 16.7 Å². The Balaban J connectivity index is 1.98. The summed E-state index contributed by atoms with van der Waals surface area (Å²) in [6.07, 6.45) is 1.74. The largest absolute Gasteiger partial charge is 0.480 e. The van der Waals surface area contributed by atoms with Gasteiger partial charge >= 0.3 is 5.97 Å². The van der Waals surface area contributed by atoms with Gasteiger partial charge in [0.1, 0.15) is 6.04 Å². The maximum absolute atomic E-state index is 12.3. The fourth-order valence-electron chi connectivity index (χ4n) is 2.60. The van der Waals surface area contributed by atoms with Gasteiger partial charge < -0.3 is 10.0 Å². The fraction of sp³-hybridized carbons (Fsp3) is 0.467. The van der Waals surface area contributed by atoms with E-state index >= 15 is 0 Å². The minimum atomic E-state index is -0.899. The molecule has 1 aliphatic heterocycles. The molecule has 1 heterocycles. The van der Waals surface area contributed by atoms with Gasteiger partial charge in [0.15, 0.2) is 0 Å². The highest BCUT2D eigenvalue weighted by Gasteiger charge is 2.36. The van der Waals surface area contributed by atoms with Gasteiger partial charge in [-0.15, -0.1) is 11.8 Å². The molecule has 1 saturated heterocycles. The maximum Gasteiger partial charge on any atom is 0.326 e. The third-order valence-corrected chi connectivity index (χ3v) is 5.21. The van der Waals surface area contributed by atoms with E-state index in [1.54, 1.807) is 0 Å². The molecule has 1 fully saturated rings. The molecule has 114 valence electrons. The monoisotopic (exact) mass is 371 g/mol. The van der Waals surface area contributed by atoms with E-state index in [1.807, 2.05) is 31.2 Å².